The molecule has 2 aromatic heterocycles. The predicted molar refractivity (Wildman–Crippen MR) is 69.6 cm³/mol. The van der Waals surface area contributed by atoms with Gasteiger partial charge in [0.25, 0.3) is 0 Å². The summed E-state index contributed by atoms with van der Waals surface area (Å²) in [5, 5.41) is 17.6. The lowest BCUT2D eigenvalue weighted by Crippen LogP contribution is -2.29. The van der Waals surface area contributed by atoms with Gasteiger partial charge in [0.2, 0.25) is 0 Å². The van der Waals surface area contributed by atoms with Crippen LogP contribution in [0.3, 0.4) is 0 Å². The van der Waals surface area contributed by atoms with Crippen molar-refractivity contribution in [3.05, 3.63) is 24.0 Å². The summed E-state index contributed by atoms with van der Waals surface area (Å²) in [5.74, 6) is 0.924. The number of rotatable bonds is 3. The van der Waals surface area contributed by atoms with Gasteiger partial charge in [-0.1, -0.05) is 6.92 Å². The molecule has 0 unspecified atom stereocenters. The first-order chi connectivity index (χ1) is 8.78. The zero-order valence-corrected chi connectivity index (χ0v) is 10.5. The molecule has 5 heteroatoms. The Hall–Kier alpha value is -1.62. The van der Waals surface area contributed by atoms with Crippen LogP contribution in [0.5, 0.6) is 0 Å². The smallest absolute Gasteiger partial charge is 0.157 e. The molecule has 1 fully saturated rings. The highest BCUT2D eigenvalue weighted by molar-refractivity contribution is 5.49. The van der Waals surface area contributed by atoms with E-state index in [9.17, 15) is 5.11 Å². The van der Waals surface area contributed by atoms with Gasteiger partial charge < -0.3 is 10.4 Å². The molecule has 2 N–H and O–H groups in total. The van der Waals surface area contributed by atoms with Crippen LogP contribution >= 0.6 is 0 Å². The largest absolute Gasteiger partial charge is 0.391 e. The van der Waals surface area contributed by atoms with Crippen molar-refractivity contribution in [3.63, 3.8) is 0 Å². The monoisotopic (exact) mass is 246 g/mol. The maximum absolute atomic E-state index is 9.89. The van der Waals surface area contributed by atoms with Crippen molar-refractivity contribution in [2.75, 3.05) is 5.32 Å². The Morgan fingerprint density at radius 1 is 1.50 bits per heavy atom. The average Bonchev–Trinajstić information content (AvgIpc) is 2.98. The minimum absolute atomic E-state index is 0.129. The van der Waals surface area contributed by atoms with Gasteiger partial charge in [-0.3, -0.25) is 0 Å². The fourth-order valence-electron chi connectivity index (χ4n) is 2.55. The number of hydrogen-bond donors (Lipinski definition) is 2. The molecule has 0 bridgehead atoms. The molecular weight excluding hydrogens is 228 g/mol. The van der Waals surface area contributed by atoms with Crippen LogP contribution in [0.1, 0.15) is 31.9 Å². The van der Waals surface area contributed by atoms with E-state index >= 15 is 0 Å². The summed E-state index contributed by atoms with van der Waals surface area (Å²) in [4.78, 5) is 4.51. The van der Waals surface area contributed by atoms with E-state index in [1.54, 1.807) is 10.7 Å². The van der Waals surface area contributed by atoms with Crippen LogP contribution in [0, 0.1) is 0 Å². The summed E-state index contributed by atoms with van der Waals surface area (Å²) in [6.45, 7) is 2.09. The van der Waals surface area contributed by atoms with E-state index in [1.165, 1.54) is 0 Å². The first-order valence-electron chi connectivity index (χ1n) is 6.56. The zero-order chi connectivity index (χ0) is 12.5. The zero-order valence-electron chi connectivity index (χ0n) is 10.5. The Balaban J connectivity index is 1.96. The van der Waals surface area contributed by atoms with E-state index in [1.807, 2.05) is 12.1 Å². The second kappa shape index (κ2) is 4.57. The Labute approximate surface area is 106 Å². The number of anilines is 1. The molecule has 0 aromatic carbocycles. The average molecular weight is 246 g/mol. The number of aliphatic hydroxyl groups excluding tert-OH is 1. The third-order valence-electron chi connectivity index (χ3n) is 3.59. The van der Waals surface area contributed by atoms with E-state index in [0.717, 1.165) is 42.8 Å². The highest BCUT2D eigenvalue weighted by atomic mass is 16.3. The molecule has 1 saturated carbocycles. The Kier molecular flexibility index (Phi) is 2.91. The second-order valence-electron chi connectivity index (χ2n) is 4.84. The molecule has 0 radical (unpaired) electrons. The van der Waals surface area contributed by atoms with E-state index in [2.05, 4.69) is 22.3 Å². The fraction of sp³-hybridized carbons (Fsp3) is 0.538. The molecule has 5 nitrogen and oxygen atoms in total. The van der Waals surface area contributed by atoms with E-state index in [0.29, 0.717) is 0 Å². The van der Waals surface area contributed by atoms with Gasteiger partial charge in [-0.15, -0.1) is 0 Å². The van der Waals surface area contributed by atoms with Crippen LogP contribution in [0.15, 0.2) is 18.3 Å². The molecule has 1 aliphatic rings. The Morgan fingerprint density at radius 3 is 3.11 bits per heavy atom. The van der Waals surface area contributed by atoms with Crippen molar-refractivity contribution in [3.8, 4) is 0 Å². The lowest BCUT2D eigenvalue weighted by atomic mass is 10.2. The SMILES string of the molecule is CCc1cc(N[C@H]2CCC[C@H]2O)n2nccc2n1. The van der Waals surface area contributed by atoms with Crippen LogP contribution in [0.4, 0.5) is 5.82 Å². The molecular formula is C13H18N4O. The molecule has 0 amide bonds. The van der Waals surface area contributed by atoms with Crippen LogP contribution in [-0.2, 0) is 6.42 Å². The molecule has 0 spiro atoms. The Bertz CT molecular complexity index is 551. The first kappa shape index (κ1) is 11.5. The van der Waals surface area contributed by atoms with Gasteiger partial charge in [0.15, 0.2) is 5.65 Å². The van der Waals surface area contributed by atoms with Crippen molar-refractivity contribution in [1.82, 2.24) is 14.6 Å². The van der Waals surface area contributed by atoms with Crippen LogP contribution < -0.4 is 5.32 Å². The van der Waals surface area contributed by atoms with Gasteiger partial charge in [-0.25, -0.2) is 4.98 Å². The number of aryl methyl sites for hydroxylation is 1. The van der Waals surface area contributed by atoms with Crippen LogP contribution in [0.2, 0.25) is 0 Å². The minimum atomic E-state index is -0.256. The quantitative estimate of drug-likeness (QED) is 0.864. The number of nitrogens with one attached hydrogen (secondary N) is 1. The Morgan fingerprint density at radius 2 is 2.39 bits per heavy atom. The summed E-state index contributed by atoms with van der Waals surface area (Å²) in [5.41, 5.74) is 1.89. The number of aromatic nitrogens is 3. The second-order valence-corrected chi connectivity index (χ2v) is 4.84. The molecule has 18 heavy (non-hydrogen) atoms. The lowest BCUT2D eigenvalue weighted by molar-refractivity contribution is 0.171. The van der Waals surface area contributed by atoms with Gasteiger partial charge in [0, 0.05) is 17.8 Å². The maximum Gasteiger partial charge on any atom is 0.157 e. The first-order valence-corrected chi connectivity index (χ1v) is 6.56. The molecule has 1 aliphatic carbocycles. The summed E-state index contributed by atoms with van der Waals surface area (Å²) < 4.78 is 1.80. The number of aliphatic hydroxyl groups is 1. The van der Waals surface area contributed by atoms with E-state index in [4.69, 9.17) is 0 Å². The predicted octanol–water partition coefficient (Wildman–Crippen LogP) is 1.62. The molecule has 2 heterocycles. The standard InChI is InChI=1S/C13H18N4O/c1-2-9-8-13(16-10-4-3-5-11(10)18)17-12(15-9)6-7-14-17/h6-8,10-11,16,18H,2-5H2,1H3/t10-,11+/m0/s1. The molecule has 3 rings (SSSR count). The topological polar surface area (TPSA) is 62.5 Å². The number of hydrogen-bond acceptors (Lipinski definition) is 4. The van der Waals surface area contributed by atoms with Gasteiger partial charge in [0.1, 0.15) is 5.82 Å². The third kappa shape index (κ3) is 1.95. The third-order valence-corrected chi connectivity index (χ3v) is 3.59. The lowest BCUT2D eigenvalue weighted by Gasteiger charge is -2.18. The minimum Gasteiger partial charge on any atom is -0.391 e. The van der Waals surface area contributed by atoms with Crippen molar-refractivity contribution in [2.45, 2.75) is 44.8 Å². The number of fused-ring (bicyclic) bond motifs is 1. The fourth-order valence-corrected chi connectivity index (χ4v) is 2.55. The molecule has 96 valence electrons. The highest BCUT2D eigenvalue weighted by Crippen LogP contribution is 2.23. The maximum atomic E-state index is 9.89. The van der Waals surface area contributed by atoms with Crippen LogP contribution in [-0.4, -0.2) is 31.9 Å². The summed E-state index contributed by atoms with van der Waals surface area (Å²) in [7, 11) is 0. The summed E-state index contributed by atoms with van der Waals surface area (Å²) in [6, 6.07) is 4.05. The van der Waals surface area contributed by atoms with Crippen molar-refractivity contribution in [2.24, 2.45) is 0 Å². The van der Waals surface area contributed by atoms with Gasteiger partial charge in [-0.2, -0.15) is 9.61 Å². The number of nitrogens with zero attached hydrogens (tertiary/aromatic N) is 3. The molecule has 2 aromatic rings. The van der Waals surface area contributed by atoms with E-state index < -0.39 is 0 Å². The van der Waals surface area contributed by atoms with Crippen molar-refractivity contribution < 1.29 is 5.11 Å². The van der Waals surface area contributed by atoms with Gasteiger partial charge >= 0.3 is 0 Å². The van der Waals surface area contributed by atoms with E-state index in [-0.39, 0.29) is 12.1 Å². The summed E-state index contributed by atoms with van der Waals surface area (Å²) in [6.07, 6.45) is 5.35. The molecule has 0 aliphatic heterocycles. The van der Waals surface area contributed by atoms with Gasteiger partial charge in [-0.05, 0) is 25.7 Å². The van der Waals surface area contributed by atoms with Crippen LogP contribution in [0.25, 0.3) is 5.65 Å². The normalized spacial score (nSPS) is 23.7. The summed E-state index contributed by atoms with van der Waals surface area (Å²) >= 11 is 0. The molecule has 2 atom stereocenters. The van der Waals surface area contributed by atoms with Crippen molar-refractivity contribution >= 4 is 11.5 Å². The van der Waals surface area contributed by atoms with Gasteiger partial charge in [0.05, 0.1) is 18.3 Å². The molecule has 0 saturated heterocycles. The van der Waals surface area contributed by atoms with Crippen molar-refractivity contribution in [1.29, 1.82) is 0 Å². The highest BCUT2D eigenvalue weighted by Gasteiger charge is 2.25.